The topological polar surface area (TPSA) is 80.0 Å². The Morgan fingerprint density at radius 3 is 2.74 bits per heavy atom. The van der Waals surface area contributed by atoms with Gasteiger partial charge in [0.15, 0.2) is 0 Å². The van der Waals surface area contributed by atoms with Crippen LogP contribution < -0.4 is 10.6 Å². The molecule has 7 heteroatoms. The van der Waals surface area contributed by atoms with Crippen molar-refractivity contribution in [3.8, 4) is 0 Å². The molecule has 124 valence electrons. The van der Waals surface area contributed by atoms with Gasteiger partial charge in [-0.25, -0.2) is 9.78 Å². The minimum atomic E-state index is -0.248. The molecule has 2 aromatic rings. The van der Waals surface area contributed by atoms with Gasteiger partial charge in [0.25, 0.3) is 0 Å². The summed E-state index contributed by atoms with van der Waals surface area (Å²) in [6, 6.07) is 3.47. The Balaban J connectivity index is 1.86. The molecule has 2 aromatic heterocycles. The van der Waals surface area contributed by atoms with Crippen molar-refractivity contribution in [2.45, 2.75) is 45.2 Å². The van der Waals surface area contributed by atoms with Gasteiger partial charge in [-0.15, -0.1) is 11.8 Å². The summed E-state index contributed by atoms with van der Waals surface area (Å²) >= 11 is 1.66. The smallest absolute Gasteiger partial charge is 0.319 e. The van der Waals surface area contributed by atoms with Gasteiger partial charge in [-0.3, -0.25) is 0 Å². The van der Waals surface area contributed by atoms with E-state index in [0.29, 0.717) is 12.1 Å². The fraction of sp³-hybridized carbons (Fsp3) is 0.438. The average Bonchev–Trinajstić information content (AvgIpc) is 2.81. The molecular formula is C16H22N4O2S. The zero-order chi connectivity index (χ0) is 16.8. The Morgan fingerprint density at radius 2 is 2.17 bits per heavy atom. The summed E-state index contributed by atoms with van der Waals surface area (Å²) in [6.07, 6.45) is 2.34. The molecule has 2 N–H and O–H groups in total. The first-order chi connectivity index (χ1) is 11.0. The predicted molar refractivity (Wildman–Crippen MR) is 91.9 cm³/mol. The van der Waals surface area contributed by atoms with E-state index in [9.17, 15) is 4.79 Å². The summed E-state index contributed by atoms with van der Waals surface area (Å²) in [5.41, 5.74) is 2.58. The van der Waals surface area contributed by atoms with Crippen molar-refractivity contribution in [2.24, 2.45) is 0 Å². The molecule has 0 saturated heterocycles. The molecule has 0 saturated carbocycles. The third-order valence-corrected chi connectivity index (χ3v) is 4.18. The number of aromatic nitrogens is 2. The number of carbonyl (C=O) groups excluding carboxylic acids is 1. The van der Waals surface area contributed by atoms with Crippen LogP contribution in [0.25, 0.3) is 0 Å². The van der Waals surface area contributed by atoms with Crippen molar-refractivity contribution in [1.29, 1.82) is 0 Å². The zero-order valence-electron chi connectivity index (χ0n) is 13.8. The Hall–Kier alpha value is -2.02. The number of aryl methyl sites for hydroxylation is 2. The minimum Gasteiger partial charge on any atom is -0.361 e. The number of pyridine rings is 1. The van der Waals surface area contributed by atoms with Crippen LogP contribution in [0.5, 0.6) is 0 Å². The van der Waals surface area contributed by atoms with Crippen LogP contribution in [-0.2, 0) is 6.42 Å². The summed E-state index contributed by atoms with van der Waals surface area (Å²) in [5, 5.41) is 10.6. The highest BCUT2D eigenvalue weighted by Crippen LogP contribution is 2.17. The van der Waals surface area contributed by atoms with Gasteiger partial charge in [0.2, 0.25) is 0 Å². The van der Waals surface area contributed by atoms with Crippen LogP contribution in [0.2, 0.25) is 0 Å². The highest BCUT2D eigenvalue weighted by Gasteiger charge is 2.14. The van der Waals surface area contributed by atoms with Gasteiger partial charge in [-0.2, -0.15) is 0 Å². The monoisotopic (exact) mass is 334 g/mol. The number of rotatable bonds is 6. The number of carbonyl (C=O) groups is 1. The lowest BCUT2D eigenvalue weighted by molar-refractivity contribution is 0.249. The molecule has 0 aliphatic heterocycles. The van der Waals surface area contributed by atoms with Crippen molar-refractivity contribution < 1.29 is 9.32 Å². The Labute approximate surface area is 140 Å². The largest absolute Gasteiger partial charge is 0.361 e. The van der Waals surface area contributed by atoms with Crippen LogP contribution in [0.15, 0.2) is 27.9 Å². The molecular weight excluding hydrogens is 312 g/mol. The summed E-state index contributed by atoms with van der Waals surface area (Å²) in [4.78, 5) is 16.3. The molecule has 0 unspecified atom stereocenters. The van der Waals surface area contributed by atoms with E-state index in [2.05, 4.69) is 27.7 Å². The molecule has 0 fully saturated rings. The van der Waals surface area contributed by atoms with Gasteiger partial charge in [0.1, 0.15) is 5.76 Å². The molecule has 6 nitrogen and oxygen atoms in total. The maximum atomic E-state index is 12.0. The highest BCUT2D eigenvalue weighted by atomic mass is 32.2. The summed E-state index contributed by atoms with van der Waals surface area (Å²) in [6.45, 7) is 7.81. The average molecular weight is 334 g/mol. The maximum absolute atomic E-state index is 12.0. The molecule has 0 bridgehead atoms. The minimum absolute atomic E-state index is 0.0327. The van der Waals surface area contributed by atoms with Crippen molar-refractivity contribution in [2.75, 3.05) is 11.1 Å². The predicted octanol–water partition coefficient (Wildman–Crippen LogP) is 3.55. The Bertz CT molecular complexity index is 635. The second kappa shape index (κ2) is 8.01. The zero-order valence-corrected chi connectivity index (χ0v) is 14.7. The normalized spacial score (nSPS) is 12.0. The van der Waals surface area contributed by atoms with Gasteiger partial charge >= 0.3 is 6.03 Å². The summed E-state index contributed by atoms with van der Waals surface area (Å²) < 4.78 is 5.14. The van der Waals surface area contributed by atoms with Crippen LogP contribution in [0, 0.1) is 13.8 Å². The second-order valence-electron chi connectivity index (χ2n) is 5.32. The highest BCUT2D eigenvalue weighted by molar-refractivity contribution is 7.99. The van der Waals surface area contributed by atoms with Gasteiger partial charge in [-0.05, 0) is 45.1 Å². The molecule has 23 heavy (non-hydrogen) atoms. The van der Waals surface area contributed by atoms with Gasteiger partial charge in [0, 0.05) is 11.6 Å². The van der Waals surface area contributed by atoms with Crippen molar-refractivity contribution in [3.05, 3.63) is 35.3 Å². The van der Waals surface area contributed by atoms with E-state index in [0.717, 1.165) is 27.8 Å². The van der Waals surface area contributed by atoms with E-state index >= 15 is 0 Å². The maximum Gasteiger partial charge on any atom is 0.319 e. The summed E-state index contributed by atoms with van der Waals surface area (Å²) in [5.74, 6) is 1.77. The van der Waals surface area contributed by atoms with Crippen molar-refractivity contribution >= 4 is 23.5 Å². The molecule has 0 aromatic carbocycles. The first kappa shape index (κ1) is 17.3. The van der Waals surface area contributed by atoms with Crippen LogP contribution in [0.3, 0.4) is 0 Å². The fourth-order valence-corrected chi connectivity index (χ4v) is 2.82. The summed E-state index contributed by atoms with van der Waals surface area (Å²) in [7, 11) is 0. The standard InChI is InChI=1S/C16H22N4O2S/c1-5-23-15-7-6-13(9-17-15)19-16(21)18-10(2)8-14-11(3)20-22-12(14)4/h6-7,9-10H,5,8H2,1-4H3,(H2,18,19,21)/t10-/m1/s1. The van der Waals surface area contributed by atoms with Gasteiger partial charge < -0.3 is 15.2 Å². The fourth-order valence-electron chi connectivity index (χ4n) is 2.23. The number of hydrogen-bond donors (Lipinski definition) is 2. The molecule has 0 aliphatic carbocycles. The quantitative estimate of drug-likeness (QED) is 0.790. The van der Waals surface area contributed by atoms with Gasteiger partial charge in [-0.1, -0.05) is 12.1 Å². The van der Waals surface area contributed by atoms with E-state index in [-0.39, 0.29) is 12.1 Å². The molecule has 0 aliphatic rings. The molecule has 0 radical (unpaired) electrons. The second-order valence-corrected chi connectivity index (χ2v) is 6.61. The van der Waals surface area contributed by atoms with Crippen molar-refractivity contribution in [3.63, 3.8) is 0 Å². The van der Waals surface area contributed by atoms with Gasteiger partial charge in [0.05, 0.1) is 22.6 Å². The van der Waals surface area contributed by atoms with Crippen LogP contribution in [-0.4, -0.2) is 28.0 Å². The van der Waals surface area contributed by atoms with E-state index in [4.69, 9.17) is 4.52 Å². The number of nitrogens with one attached hydrogen (secondary N) is 2. The first-order valence-corrected chi connectivity index (χ1v) is 8.56. The van der Waals surface area contributed by atoms with Crippen molar-refractivity contribution in [1.82, 2.24) is 15.5 Å². The number of hydrogen-bond acceptors (Lipinski definition) is 5. The first-order valence-electron chi connectivity index (χ1n) is 7.57. The van der Waals surface area contributed by atoms with Crippen LogP contribution >= 0.6 is 11.8 Å². The lowest BCUT2D eigenvalue weighted by Gasteiger charge is -2.14. The number of nitrogens with zero attached hydrogens (tertiary/aromatic N) is 2. The van der Waals surface area contributed by atoms with E-state index < -0.39 is 0 Å². The molecule has 0 spiro atoms. The lowest BCUT2D eigenvalue weighted by Crippen LogP contribution is -2.37. The third kappa shape index (κ3) is 4.99. The van der Waals surface area contributed by atoms with Crippen LogP contribution in [0.1, 0.15) is 30.9 Å². The molecule has 2 amide bonds. The molecule has 1 atom stereocenters. The van der Waals surface area contributed by atoms with E-state index in [1.165, 1.54) is 0 Å². The molecule has 2 heterocycles. The van der Waals surface area contributed by atoms with E-state index in [1.54, 1.807) is 18.0 Å². The number of urea groups is 1. The molecule has 2 rings (SSSR count). The number of anilines is 1. The Kier molecular flexibility index (Phi) is 6.04. The Morgan fingerprint density at radius 1 is 1.39 bits per heavy atom. The van der Waals surface area contributed by atoms with E-state index in [1.807, 2.05) is 32.9 Å². The number of thioether (sulfide) groups is 1. The van der Waals surface area contributed by atoms with Crippen LogP contribution in [0.4, 0.5) is 10.5 Å². The number of amides is 2. The lowest BCUT2D eigenvalue weighted by atomic mass is 10.1. The third-order valence-electron chi connectivity index (χ3n) is 3.36. The SMILES string of the molecule is CCSc1ccc(NC(=O)N[C@H](C)Cc2c(C)noc2C)cn1.